The maximum absolute atomic E-state index is 16.1. The van der Waals surface area contributed by atoms with Crippen LogP contribution in [0, 0.1) is 17.1 Å². The number of rotatable bonds is 7. The standard InChI is InChI=1S/C32H34FN3O4/c1-31(38)14-12-22(13-15-31)36-19-32(21-8-5-4-6-9-21)17-25-23(10-7-11-26(25)40-32)27-24(30(37)35-2)16-20(18-34)29(39-3)28(27)33/h4-11,16,22,36,38H,12-15,17,19H2,1-3H3,(H,35,37)/t22?,31?,32-/m1/s1. The van der Waals surface area contributed by atoms with Crippen LogP contribution in [0.2, 0.25) is 0 Å². The van der Waals surface area contributed by atoms with E-state index in [2.05, 4.69) is 10.6 Å². The first kappa shape index (κ1) is 27.6. The van der Waals surface area contributed by atoms with Gasteiger partial charge in [0.25, 0.3) is 5.91 Å². The van der Waals surface area contributed by atoms with Gasteiger partial charge in [-0.1, -0.05) is 42.5 Å². The Kier molecular flexibility index (Phi) is 7.54. The highest BCUT2D eigenvalue weighted by Crippen LogP contribution is 2.47. The first-order valence-corrected chi connectivity index (χ1v) is 13.6. The van der Waals surface area contributed by atoms with Crippen molar-refractivity contribution < 1.29 is 23.8 Å². The second-order valence-electron chi connectivity index (χ2n) is 11.0. The van der Waals surface area contributed by atoms with Gasteiger partial charge in [-0.15, -0.1) is 0 Å². The molecule has 1 fully saturated rings. The number of aliphatic hydroxyl groups is 1. The van der Waals surface area contributed by atoms with E-state index in [4.69, 9.17) is 9.47 Å². The average Bonchev–Trinajstić information content (AvgIpc) is 3.36. The molecular weight excluding hydrogens is 509 g/mol. The third-order valence-electron chi connectivity index (χ3n) is 8.23. The third kappa shape index (κ3) is 5.03. The molecule has 1 heterocycles. The Morgan fingerprint density at radius 3 is 2.58 bits per heavy atom. The fourth-order valence-corrected chi connectivity index (χ4v) is 5.96. The lowest BCUT2D eigenvalue weighted by molar-refractivity contribution is 0.0104. The zero-order valence-electron chi connectivity index (χ0n) is 23.0. The van der Waals surface area contributed by atoms with Gasteiger partial charge in [0, 0.05) is 37.2 Å². The fraction of sp³-hybridized carbons (Fsp3) is 0.375. The molecule has 1 aliphatic carbocycles. The van der Waals surface area contributed by atoms with Gasteiger partial charge < -0.3 is 25.2 Å². The van der Waals surface area contributed by atoms with Crippen molar-refractivity contribution in [1.29, 1.82) is 5.26 Å². The molecule has 7 nitrogen and oxygen atoms in total. The molecule has 0 spiro atoms. The minimum Gasteiger partial charge on any atom is -0.492 e. The van der Waals surface area contributed by atoms with Crippen molar-refractivity contribution >= 4 is 5.91 Å². The molecule has 0 radical (unpaired) electrons. The van der Waals surface area contributed by atoms with Gasteiger partial charge in [-0.25, -0.2) is 4.39 Å². The van der Waals surface area contributed by atoms with E-state index in [1.165, 1.54) is 20.2 Å². The predicted octanol–water partition coefficient (Wildman–Crippen LogP) is 4.85. The van der Waals surface area contributed by atoms with Crippen molar-refractivity contribution in [3.63, 3.8) is 0 Å². The van der Waals surface area contributed by atoms with Crippen LogP contribution in [0.15, 0.2) is 54.6 Å². The van der Waals surface area contributed by atoms with Crippen molar-refractivity contribution in [2.45, 2.75) is 56.3 Å². The summed E-state index contributed by atoms with van der Waals surface area (Å²) in [4.78, 5) is 12.9. The molecule has 0 unspecified atom stereocenters. The average molecular weight is 544 g/mol. The highest BCUT2D eigenvalue weighted by Gasteiger charge is 2.43. The molecule has 1 saturated carbocycles. The van der Waals surface area contributed by atoms with Gasteiger partial charge >= 0.3 is 0 Å². The lowest BCUT2D eigenvalue weighted by Crippen LogP contribution is -2.48. The molecule has 1 amide bonds. The summed E-state index contributed by atoms with van der Waals surface area (Å²) in [5, 5.41) is 26.2. The minimum atomic E-state index is -0.766. The van der Waals surface area contributed by atoms with Crippen LogP contribution in [0.25, 0.3) is 11.1 Å². The quantitative estimate of drug-likeness (QED) is 0.394. The van der Waals surface area contributed by atoms with Crippen molar-refractivity contribution in [3.8, 4) is 28.7 Å². The topological polar surface area (TPSA) is 104 Å². The zero-order chi connectivity index (χ0) is 28.5. The van der Waals surface area contributed by atoms with Crippen LogP contribution < -0.4 is 20.1 Å². The van der Waals surface area contributed by atoms with Crippen LogP contribution in [0.1, 0.15) is 59.7 Å². The molecule has 40 heavy (non-hydrogen) atoms. The second kappa shape index (κ2) is 10.9. The van der Waals surface area contributed by atoms with Crippen LogP contribution in [0.5, 0.6) is 11.5 Å². The third-order valence-corrected chi connectivity index (χ3v) is 8.23. The first-order chi connectivity index (χ1) is 19.2. The maximum Gasteiger partial charge on any atom is 0.251 e. The van der Waals surface area contributed by atoms with E-state index in [1.807, 2.05) is 49.4 Å². The summed E-state index contributed by atoms with van der Waals surface area (Å²) in [5.74, 6) is -0.863. The Labute approximate surface area is 233 Å². The zero-order valence-corrected chi connectivity index (χ0v) is 23.0. The summed E-state index contributed by atoms with van der Waals surface area (Å²) in [6.45, 7) is 2.40. The number of halogens is 1. The summed E-state index contributed by atoms with van der Waals surface area (Å²) < 4.78 is 28.1. The monoisotopic (exact) mass is 543 g/mol. The molecule has 3 N–H and O–H groups in total. The fourth-order valence-electron chi connectivity index (χ4n) is 5.96. The van der Waals surface area contributed by atoms with Gasteiger partial charge in [0.2, 0.25) is 0 Å². The second-order valence-corrected chi connectivity index (χ2v) is 11.0. The summed E-state index contributed by atoms with van der Waals surface area (Å²) in [6, 6.07) is 18.9. The molecule has 208 valence electrons. The lowest BCUT2D eigenvalue weighted by Gasteiger charge is -2.36. The van der Waals surface area contributed by atoms with Gasteiger partial charge in [-0.2, -0.15) is 5.26 Å². The van der Waals surface area contributed by atoms with E-state index < -0.39 is 22.9 Å². The van der Waals surface area contributed by atoms with Gasteiger partial charge in [-0.3, -0.25) is 4.79 Å². The number of fused-ring (bicyclic) bond motifs is 1. The van der Waals surface area contributed by atoms with E-state index in [1.54, 1.807) is 12.1 Å². The van der Waals surface area contributed by atoms with Crippen molar-refractivity contribution in [3.05, 3.63) is 82.7 Å². The van der Waals surface area contributed by atoms with Crippen LogP contribution >= 0.6 is 0 Å². The number of nitrogens with one attached hydrogen (secondary N) is 2. The Bertz CT molecular complexity index is 1460. The summed E-state index contributed by atoms with van der Waals surface area (Å²) >= 11 is 0. The molecule has 3 aromatic rings. The number of nitrogens with zero attached hydrogens (tertiary/aromatic N) is 1. The predicted molar refractivity (Wildman–Crippen MR) is 150 cm³/mol. The van der Waals surface area contributed by atoms with Gasteiger partial charge in [-0.05, 0) is 55.9 Å². The molecule has 5 rings (SSSR count). The number of carbonyl (C=O) groups is 1. The van der Waals surface area contributed by atoms with Crippen molar-refractivity contribution in [2.24, 2.45) is 0 Å². The summed E-state index contributed by atoms with van der Waals surface area (Å²) in [7, 11) is 2.77. The number of ether oxygens (including phenoxy) is 2. The van der Waals surface area contributed by atoms with E-state index in [-0.39, 0.29) is 28.5 Å². The first-order valence-electron chi connectivity index (χ1n) is 13.6. The minimum absolute atomic E-state index is 0.0512. The van der Waals surface area contributed by atoms with E-state index in [9.17, 15) is 15.2 Å². The highest BCUT2D eigenvalue weighted by molar-refractivity contribution is 6.02. The number of carbonyl (C=O) groups excluding carboxylic acids is 1. The largest absolute Gasteiger partial charge is 0.492 e. The van der Waals surface area contributed by atoms with Gasteiger partial charge in [0.15, 0.2) is 17.2 Å². The van der Waals surface area contributed by atoms with E-state index in [0.717, 1.165) is 36.8 Å². The maximum atomic E-state index is 16.1. The highest BCUT2D eigenvalue weighted by atomic mass is 19.1. The van der Waals surface area contributed by atoms with Gasteiger partial charge in [0.1, 0.15) is 11.8 Å². The molecule has 2 aliphatic rings. The molecular formula is C32H34FN3O4. The summed E-state index contributed by atoms with van der Waals surface area (Å²) in [6.07, 6.45) is 3.63. The number of hydrogen-bond donors (Lipinski definition) is 3. The van der Waals surface area contributed by atoms with Crippen molar-refractivity contribution in [1.82, 2.24) is 10.6 Å². The normalized spacial score (nSPS) is 23.6. The smallest absolute Gasteiger partial charge is 0.251 e. The Hall–Kier alpha value is -3.93. The number of nitriles is 1. The Balaban J connectivity index is 1.58. The van der Waals surface area contributed by atoms with Crippen LogP contribution in [0.4, 0.5) is 4.39 Å². The van der Waals surface area contributed by atoms with Crippen LogP contribution in [-0.4, -0.2) is 43.4 Å². The molecule has 0 saturated heterocycles. The molecule has 3 aromatic carbocycles. The lowest BCUT2D eigenvalue weighted by atomic mass is 9.82. The molecule has 1 atom stereocenters. The SMILES string of the molecule is CNC(=O)c1cc(C#N)c(OC)c(F)c1-c1cccc2c1C[C@@](CNC1CCC(C)(O)CC1)(c1ccccc1)O2. The molecule has 0 aromatic heterocycles. The Morgan fingerprint density at radius 1 is 1.20 bits per heavy atom. The summed E-state index contributed by atoms with van der Waals surface area (Å²) in [5.41, 5.74) is 0.951. The van der Waals surface area contributed by atoms with E-state index >= 15 is 4.39 Å². The Morgan fingerprint density at radius 2 is 1.93 bits per heavy atom. The molecule has 8 heteroatoms. The number of amides is 1. The van der Waals surface area contributed by atoms with Crippen molar-refractivity contribution in [2.75, 3.05) is 20.7 Å². The molecule has 1 aliphatic heterocycles. The van der Waals surface area contributed by atoms with E-state index in [0.29, 0.717) is 24.3 Å². The number of hydrogen-bond acceptors (Lipinski definition) is 6. The number of benzene rings is 3. The molecule has 0 bridgehead atoms. The van der Waals surface area contributed by atoms with Crippen LogP contribution in [-0.2, 0) is 12.0 Å². The number of methoxy groups -OCH3 is 1. The van der Waals surface area contributed by atoms with Crippen LogP contribution in [0.3, 0.4) is 0 Å². The van der Waals surface area contributed by atoms with Gasteiger partial charge in [0.05, 0.1) is 23.8 Å².